The van der Waals surface area contributed by atoms with Gasteiger partial charge in [-0.1, -0.05) is 36.4 Å². The number of aryl methyl sites for hydroxylation is 2. The third kappa shape index (κ3) is 2.72. The highest BCUT2D eigenvalue weighted by atomic mass is 16.3. The zero-order valence-electron chi connectivity index (χ0n) is 10.0. The summed E-state index contributed by atoms with van der Waals surface area (Å²) < 4.78 is 0. The van der Waals surface area contributed by atoms with Gasteiger partial charge in [-0.05, 0) is 36.6 Å². The molecule has 2 aromatic rings. The average Bonchev–Trinajstić information content (AvgIpc) is 2.33. The molecule has 0 heterocycles. The van der Waals surface area contributed by atoms with Crippen LogP contribution >= 0.6 is 0 Å². The van der Waals surface area contributed by atoms with Crippen molar-refractivity contribution in [3.63, 3.8) is 0 Å². The first kappa shape index (κ1) is 11.4. The minimum atomic E-state index is 0.253. The molecule has 0 saturated carbocycles. The normalized spacial score (nSPS) is 10.9. The monoisotopic (exact) mass is 225 g/mol. The Balaban J connectivity index is 2.33. The van der Waals surface area contributed by atoms with Gasteiger partial charge in [0.1, 0.15) is 11.4 Å². The Hall–Kier alpha value is -2.09. The Labute approximate surface area is 101 Å². The van der Waals surface area contributed by atoms with Crippen molar-refractivity contribution in [3.8, 4) is 5.75 Å². The van der Waals surface area contributed by atoms with Gasteiger partial charge in [0, 0.05) is 6.21 Å². The van der Waals surface area contributed by atoms with E-state index in [0.29, 0.717) is 5.69 Å². The van der Waals surface area contributed by atoms with Crippen LogP contribution in [0.2, 0.25) is 0 Å². The third-order valence-electron chi connectivity index (χ3n) is 2.58. The number of rotatable bonds is 2. The smallest absolute Gasteiger partial charge is 0.144 e. The van der Waals surface area contributed by atoms with Crippen molar-refractivity contribution in [2.45, 2.75) is 13.8 Å². The zero-order chi connectivity index (χ0) is 12.3. The van der Waals surface area contributed by atoms with Gasteiger partial charge in [0.15, 0.2) is 0 Å². The van der Waals surface area contributed by atoms with Gasteiger partial charge in [-0.2, -0.15) is 0 Å². The van der Waals surface area contributed by atoms with Gasteiger partial charge >= 0.3 is 0 Å². The van der Waals surface area contributed by atoms with E-state index in [1.807, 2.05) is 56.3 Å². The number of aromatic hydroxyl groups is 1. The highest BCUT2D eigenvalue weighted by Crippen LogP contribution is 2.30. The van der Waals surface area contributed by atoms with Crippen LogP contribution < -0.4 is 0 Å². The summed E-state index contributed by atoms with van der Waals surface area (Å²) in [6.45, 7) is 3.87. The van der Waals surface area contributed by atoms with E-state index in [4.69, 9.17) is 0 Å². The number of benzene rings is 2. The maximum absolute atomic E-state index is 9.89. The van der Waals surface area contributed by atoms with Crippen LogP contribution in [0.5, 0.6) is 5.75 Å². The second-order valence-electron chi connectivity index (χ2n) is 4.12. The van der Waals surface area contributed by atoms with E-state index in [1.165, 1.54) is 0 Å². The molecule has 0 fully saturated rings. The Morgan fingerprint density at radius 2 is 1.76 bits per heavy atom. The Bertz CT molecular complexity index is 544. The van der Waals surface area contributed by atoms with Crippen LogP contribution in [0.1, 0.15) is 16.7 Å². The van der Waals surface area contributed by atoms with E-state index in [1.54, 1.807) is 6.21 Å². The maximum atomic E-state index is 9.89. The summed E-state index contributed by atoms with van der Waals surface area (Å²) in [6.07, 6.45) is 1.76. The highest BCUT2D eigenvalue weighted by Gasteiger charge is 2.03. The lowest BCUT2D eigenvalue weighted by atomic mass is 10.1. The minimum absolute atomic E-state index is 0.253. The Kier molecular flexibility index (Phi) is 3.24. The molecule has 0 aliphatic carbocycles. The van der Waals surface area contributed by atoms with Gasteiger partial charge in [-0.15, -0.1) is 0 Å². The largest absolute Gasteiger partial charge is 0.505 e. The van der Waals surface area contributed by atoms with Crippen molar-refractivity contribution in [2.24, 2.45) is 4.99 Å². The fourth-order valence-electron chi connectivity index (χ4n) is 1.72. The lowest BCUT2D eigenvalue weighted by Crippen LogP contribution is -1.82. The molecule has 0 aliphatic heterocycles. The van der Waals surface area contributed by atoms with Crippen LogP contribution in [0.4, 0.5) is 5.69 Å². The van der Waals surface area contributed by atoms with E-state index >= 15 is 0 Å². The van der Waals surface area contributed by atoms with Crippen LogP contribution in [-0.4, -0.2) is 11.3 Å². The molecule has 86 valence electrons. The lowest BCUT2D eigenvalue weighted by Gasteiger charge is -2.04. The number of phenols is 1. The number of phenolic OH excluding ortho intramolecular Hbond substituents is 1. The molecule has 2 heteroatoms. The Morgan fingerprint density at radius 3 is 2.47 bits per heavy atom. The second-order valence-corrected chi connectivity index (χ2v) is 4.12. The van der Waals surface area contributed by atoms with Crippen LogP contribution in [-0.2, 0) is 0 Å². The molecule has 0 aliphatic rings. The van der Waals surface area contributed by atoms with Crippen molar-refractivity contribution < 1.29 is 5.11 Å². The first-order valence-electron chi connectivity index (χ1n) is 5.56. The Morgan fingerprint density at radius 1 is 1.06 bits per heavy atom. The summed E-state index contributed by atoms with van der Waals surface area (Å²) in [7, 11) is 0. The summed E-state index contributed by atoms with van der Waals surface area (Å²) in [5.41, 5.74) is 3.59. The van der Waals surface area contributed by atoms with E-state index in [0.717, 1.165) is 16.7 Å². The van der Waals surface area contributed by atoms with Crippen molar-refractivity contribution in [1.29, 1.82) is 0 Å². The molecule has 2 nitrogen and oxygen atoms in total. The fraction of sp³-hybridized carbons (Fsp3) is 0.133. The van der Waals surface area contributed by atoms with Gasteiger partial charge in [-0.3, -0.25) is 4.99 Å². The van der Waals surface area contributed by atoms with Crippen molar-refractivity contribution in [1.82, 2.24) is 0 Å². The maximum Gasteiger partial charge on any atom is 0.144 e. The molecule has 17 heavy (non-hydrogen) atoms. The summed E-state index contributed by atoms with van der Waals surface area (Å²) in [5, 5.41) is 9.89. The number of nitrogens with zero attached hydrogens (tertiary/aromatic N) is 1. The highest BCUT2D eigenvalue weighted by molar-refractivity contribution is 5.82. The van der Waals surface area contributed by atoms with Gasteiger partial charge < -0.3 is 5.11 Å². The van der Waals surface area contributed by atoms with E-state index in [2.05, 4.69) is 4.99 Å². The van der Waals surface area contributed by atoms with E-state index in [-0.39, 0.29) is 5.75 Å². The van der Waals surface area contributed by atoms with Crippen LogP contribution in [0.15, 0.2) is 47.5 Å². The SMILES string of the molecule is Cc1cc(C)c(O)c(/N=C\c2ccccc2)c1. The van der Waals surface area contributed by atoms with Crippen LogP contribution in [0, 0.1) is 13.8 Å². The predicted molar refractivity (Wildman–Crippen MR) is 71.3 cm³/mol. The molecule has 2 rings (SSSR count). The average molecular weight is 225 g/mol. The van der Waals surface area contributed by atoms with E-state index < -0.39 is 0 Å². The fourth-order valence-corrected chi connectivity index (χ4v) is 1.72. The minimum Gasteiger partial charge on any atom is -0.505 e. The van der Waals surface area contributed by atoms with Gasteiger partial charge in [0.05, 0.1) is 0 Å². The molecule has 0 radical (unpaired) electrons. The first-order valence-corrected chi connectivity index (χ1v) is 5.56. The standard InChI is InChI=1S/C15H15NO/c1-11-8-12(2)15(17)14(9-11)16-10-13-6-4-3-5-7-13/h3-10,17H,1-2H3/b16-10-. The molecular weight excluding hydrogens is 210 g/mol. The van der Waals surface area contributed by atoms with Gasteiger partial charge in [-0.25, -0.2) is 0 Å². The van der Waals surface area contributed by atoms with Crippen molar-refractivity contribution >= 4 is 11.9 Å². The summed E-state index contributed by atoms with van der Waals surface area (Å²) in [4.78, 5) is 4.32. The third-order valence-corrected chi connectivity index (χ3v) is 2.58. The number of hydrogen-bond donors (Lipinski definition) is 1. The summed E-state index contributed by atoms with van der Waals surface area (Å²) >= 11 is 0. The van der Waals surface area contributed by atoms with Crippen molar-refractivity contribution in [3.05, 3.63) is 59.2 Å². The number of hydrogen-bond acceptors (Lipinski definition) is 2. The van der Waals surface area contributed by atoms with Gasteiger partial charge in [0.2, 0.25) is 0 Å². The molecule has 0 aromatic heterocycles. The second kappa shape index (κ2) is 4.83. The molecule has 0 bridgehead atoms. The van der Waals surface area contributed by atoms with Crippen LogP contribution in [0.25, 0.3) is 0 Å². The topological polar surface area (TPSA) is 32.6 Å². The molecule has 0 amide bonds. The van der Waals surface area contributed by atoms with Gasteiger partial charge in [0.25, 0.3) is 0 Å². The molecule has 0 spiro atoms. The molecular formula is C15H15NO. The molecule has 2 aromatic carbocycles. The lowest BCUT2D eigenvalue weighted by molar-refractivity contribution is 0.472. The summed E-state index contributed by atoms with van der Waals surface area (Å²) in [5.74, 6) is 0.253. The van der Waals surface area contributed by atoms with E-state index in [9.17, 15) is 5.11 Å². The molecule has 0 unspecified atom stereocenters. The van der Waals surface area contributed by atoms with Crippen LogP contribution in [0.3, 0.4) is 0 Å². The summed E-state index contributed by atoms with van der Waals surface area (Å²) in [6, 6.07) is 13.7. The number of aliphatic imine (C=N–C) groups is 1. The van der Waals surface area contributed by atoms with Crippen molar-refractivity contribution in [2.75, 3.05) is 0 Å². The molecule has 0 saturated heterocycles. The predicted octanol–water partition coefficient (Wildman–Crippen LogP) is 3.76. The zero-order valence-corrected chi connectivity index (χ0v) is 10.0. The quantitative estimate of drug-likeness (QED) is 0.775. The molecule has 1 N–H and O–H groups in total. The molecule has 0 atom stereocenters. The first-order chi connectivity index (χ1) is 8.16.